The van der Waals surface area contributed by atoms with Gasteiger partial charge in [-0.25, -0.2) is 18.4 Å². The zero-order valence-corrected chi connectivity index (χ0v) is 19.2. The van der Waals surface area contributed by atoms with E-state index >= 15 is 0 Å². The second kappa shape index (κ2) is 9.65. The fourth-order valence-electron chi connectivity index (χ4n) is 4.08. The van der Waals surface area contributed by atoms with Crippen LogP contribution in [0.25, 0.3) is 10.6 Å². The number of hydrogen-bond acceptors (Lipinski definition) is 8. The van der Waals surface area contributed by atoms with E-state index in [2.05, 4.69) is 25.6 Å². The molecule has 1 aromatic carbocycles. The molecule has 0 aliphatic carbocycles. The zero-order chi connectivity index (χ0) is 23.7. The van der Waals surface area contributed by atoms with Crippen LogP contribution in [0, 0.1) is 17.6 Å². The number of ether oxygens (including phenoxy) is 1. The molecule has 0 bridgehead atoms. The molecular weight excluding hydrogens is 464 g/mol. The number of rotatable bonds is 6. The second-order valence-corrected chi connectivity index (χ2v) is 9.40. The van der Waals surface area contributed by atoms with Crippen molar-refractivity contribution in [2.24, 2.45) is 5.92 Å². The van der Waals surface area contributed by atoms with Gasteiger partial charge in [-0.2, -0.15) is 5.10 Å². The maximum Gasteiger partial charge on any atom is 0.277 e. The molecule has 34 heavy (non-hydrogen) atoms. The molecule has 4 N–H and O–H groups in total. The van der Waals surface area contributed by atoms with Crippen molar-refractivity contribution in [3.05, 3.63) is 41.7 Å². The van der Waals surface area contributed by atoms with E-state index in [4.69, 9.17) is 10.5 Å². The normalized spacial score (nSPS) is 16.8. The number of benzene rings is 1. The van der Waals surface area contributed by atoms with Gasteiger partial charge in [0.25, 0.3) is 5.91 Å². The van der Waals surface area contributed by atoms with Crippen molar-refractivity contribution >= 4 is 33.8 Å². The third-order valence-corrected chi connectivity index (χ3v) is 6.78. The van der Waals surface area contributed by atoms with Gasteiger partial charge in [0.1, 0.15) is 27.3 Å². The Morgan fingerprint density at radius 3 is 2.94 bits per heavy atom. The van der Waals surface area contributed by atoms with E-state index in [-0.39, 0.29) is 21.3 Å². The van der Waals surface area contributed by atoms with Crippen molar-refractivity contribution in [3.8, 4) is 10.6 Å². The predicted molar refractivity (Wildman–Crippen MR) is 126 cm³/mol. The Bertz CT molecular complexity index is 1190. The number of aromatic nitrogens is 3. The molecule has 180 valence electrons. The SMILES string of the molecule is Nc1sc(-c2cc(F)ccc2F)nc1C(=O)Nc1cnn(CC2COC2)c1N1CCCNCC1. The fourth-order valence-corrected chi connectivity index (χ4v) is 4.93. The average molecular weight is 490 g/mol. The average Bonchev–Trinajstić information content (AvgIpc) is 3.25. The standard InChI is InChI=1S/C22H25F2N7O2S/c23-14-2-3-16(24)15(8-14)21-29-18(19(25)34-21)20(32)28-17-9-27-31(10-13-11-33-12-13)22(17)30-6-1-4-26-5-7-30/h2-3,8-9,13,26H,1,4-7,10-12,25H2,(H,28,32). The number of nitrogens with one attached hydrogen (secondary N) is 2. The summed E-state index contributed by atoms with van der Waals surface area (Å²) >= 11 is 0.934. The van der Waals surface area contributed by atoms with Gasteiger partial charge in [0.05, 0.1) is 26.0 Å². The summed E-state index contributed by atoms with van der Waals surface area (Å²) in [6.45, 7) is 5.43. The number of nitrogens with two attached hydrogens (primary N) is 1. The lowest BCUT2D eigenvalue weighted by molar-refractivity contribution is -0.0406. The first-order valence-corrected chi connectivity index (χ1v) is 11.9. The van der Waals surface area contributed by atoms with Crippen LogP contribution >= 0.6 is 11.3 Å². The van der Waals surface area contributed by atoms with Crippen LogP contribution in [0.4, 0.5) is 25.3 Å². The largest absolute Gasteiger partial charge is 0.389 e. The molecule has 5 rings (SSSR count). The molecule has 2 saturated heterocycles. The second-order valence-electron chi connectivity index (χ2n) is 8.37. The van der Waals surface area contributed by atoms with Crippen molar-refractivity contribution in [3.63, 3.8) is 0 Å². The summed E-state index contributed by atoms with van der Waals surface area (Å²) in [5.74, 6) is -0.561. The lowest BCUT2D eigenvalue weighted by atomic mass is 10.1. The summed E-state index contributed by atoms with van der Waals surface area (Å²) in [5.41, 5.74) is 6.53. The van der Waals surface area contributed by atoms with Gasteiger partial charge < -0.3 is 26.0 Å². The molecule has 12 heteroatoms. The van der Waals surface area contributed by atoms with Crippen molar-refractivity contribution in [1.82, 2.24) is 20.1 Å². The van der Waals surface area contributed by atoms with Gasteiger partial charge in [0, 0.05) is 31.1 Å². The van der Waals surface area contributed by atoms with Crippen LogP contribution in [0.3, 0.4) is 0 Å². The van der Waals surface area contributed by atoms with Gasteiger partial charge in [-0.1, -0.05) is 11.3 Å². The van der Waals surface area contributed by atoms with Gasteiger partial charge in [-0.05, 0) is 31.2 Å². The molecule has 0 saturated carbocycles. The monoisotopic (exact) mass is 489 g/mol. The molecule has 2 fully saturated rings. The minimum atomic E-state index is -0.639. The number of hydrogen-bond donors (Lipinski definition) is 3. The minimum absolute atomic E-state index is 0.0349. The summed E-state index contributed by atoms with van der Waals surface area (Å²) in [5, 5.41) is 11.1. The number of thiazole rings is 1. The quantitative estimate of drug-likeness (QED) is 0.488. The fraction of sp³-hybridized carbons (Fsp3) is 0.409. The summed E-state index contributed by atoms with van der Waals surface area (Å²) in [6, 6.07) is 3.08. The van der Waals surface area contributed by atoms with Crippen LogP contribution in [-0.4, -0.2) is 60.1 Å². The Kier molecular flexibility index (Phi) is 6.44. The Hall–Kier alpha value is -3.09. The third kappa shape index (κ3) is 4.61. The highest BCUT2D eigenvalue weighted by atomic mass is 32.1. The van der Waals surface area contributed by atoms with Crippen LogP contribution < -0.4 is 21.3 Å². The van der Waals surface area contributed by atoms with E-state index in [0.29, 0.717) is 31.4 Å². The molecule has 2 aromatic heterocycles. The smallest absolute Gasteiger partial charge is 0.277 e. The molecule has 0 unspecified atom stereocenters. The zero-order valence-electron chi connectivity index (χ0n) is 18.4. The van der Waals surface area contributed by atoms with Crippen LogP contribution in [0.2, 0.25) is 0 Å². The lowest BCUT2D eigenvalue weighted by Gasteiger charge is -2.29. The lowest BCUT2D eigenvalue weighted by Crippen LogP contribution is -2.35. The van der Waals surface area contributed by atoms with Gasteiger partial charge >= 0.3 is 0 Å². The maximum atomic E-state index is 14.2. The van der Waals surface area contributed by atoms with Crippen LogP contribution in [-0.2, 0) is 11.3 Å². The van der Waals surface area contributed by atoms with E-state index in [0.717, 1.165) is 68.0 Å². The van der Waals surface area contributed by atoms with E-state index in [1.165, 1.54) is 0 Å². The number of nitrogen functional groups attached to an aromatic ring is 1. The number of carbonyl (C=O) groups excluding carboxylic acids is 1. The van der Waals surface area contributed by atoms with Gasteiger partial charge in [0.2, 0.25) is 0 Å². The van der Waals surface area contributed by atoms with Gasteiger partial charge in [0.15, 0.2) is 11.5 Å². The molecule has 0 atom stereocenters. The van der Waals surface area contributed by atoms with E-state index in [1.807, 2.05) is 4.68 Å². The predicted octanol–water partition coefficient (Wildman–Crippen LogP) is 2.57. The molecule has 2 aliphatic rings. The van der Waals surface area contributed by atoms with Crippen molar-refractivity contribution in [1.29, 1.82) is 0 Å². The summed E-state index contributed by atoms with van der Waals surface area (Å²) < 4.78 is 35.1. The molecule has 2 aliphatic heterocycles. The molecule has 9 nitrogen and oxygen atoms in total. The number of anilines is 3. The first-order valence-electron chi connectivity index (χ1n) is 11.1. The molecule has 0 radical (unpaired) electrons. The van der Waals surface area contributed by atoms with Crippen LogP contribution in [0.1, 0.15) is 16.9 Å². The molecule has 4 heterocycles. The van der Waals surface area contributed by atoms with E-state index in [9.17, 15) is 13.6 Å². The van der Waals surface area contributed by atoms with Crippen molar-refractivity contribution in [2.45, 2.75) is 13.0 Å². The first kappa shape index (κ1) is 22.7. The maximum absolute atomic E-state index is 14.2. The van der Waals surface area contributed by atoms with E-state index in [1.54, 1.807) is 6.20 Å². The topological polar surface area (TPSA) is 110 Å². The minimum Gasteiger partial charge on any atom is -0.389 e. The Labute approximate surface area is 198 Å². The van der Waals surface area contributed by atoms with Gasteiger partial charge in [-0.15, -0.1) is 0 Å². The Morgan fingerprint density at radius 1 is 1.29 bits per heavy atom. The van der Waals surface area contributed by atoms with Crippen LogP contribution in [0.15, 0.2) is 24.4 Å². The number of carbonyl (C=O) groups is 1. The highest BCUT2D eigenvalue weighted by Gasteiger charge is 2.27. The van der Waals surface area contributed by atoms with E-state index < -0.39 is 17.5 Å². The number of amides is 1. The molecule has 3 aromatic rings. The highest BCUT2D eigenvalue weighted by molar-refractivity contribution is 7.19. The summed E-state index contributed by atoms with van der Waals surface area (Å²) in [4.78, 5) is 19.6. The number of halogens is 2. The van der Waals surface area contributed by atoms with Crippen LogP contribution in [0.5, 0.6) is 0 Å². The van der Waals surface area contributed by atoms with Gasteiger partial charge in [-0.3, -0.25) is 4.79 Å². The van der Waals surface area contributed by atoms with Crippen molar-refractivity contribution in [2.75, 3.05) is 55.3 Å². The summed E-state index contributed by atoms with van der Waals surface area (Å²) in [6.07, 6.45) is 2.59. The summed E-state index contributed by atoms with van der Waals surface area (Å²) in [7, 11) is 0. The highest BCUT2D eigenvalue weighted by Crippen LogP contribution is 2.34. The molecular formula is C22H25F2N7O2S. The first-order chi connectivity index (χ1) is 16.5. The van der Waals surface area contributed by atoms with Crippen molar-refractivity contribution < 1.29 is 18.3 Å². The Balaban J connectivity index is 1.42. The Morgan fingerprint density at radius 2 is 2.15 bits per heavy atom. The molecule has 0 spiro atoms. The third-order valence-electron chi connectivity index (χ3n) is 5.86. The molecule has 1 amide bonds. The number of nitrogens with zero attached hydrogens (tertiary/aromatic N) is 4.